The first-order valence-corrected chi connectivity index (χ1v) is 9.99. The van der Waals surface area contributed by atoms with Crippen LogP contribution in [-0.2, 0) is 5.41 Å². The van der Waals surface area contributed by atoms with E-state index in [1.54, 1.807) is 31.1 Å². The number of benzene rings is 1. The summed E-state index contributed by atoms with van der Waals surface area (Å²) in [4.78, 5) is 11.2. The van der Waals surface area contributed by atoms with E-state index in [4.69, 9.17) is 21.3 Å². The summed E-state index contributed by atoms with van der Waals surface area (Å²) in [6.45, 7) is 1.79. The van der Waals surface area contributed by atoms with Crippen LogP contribution < -0.4 is 4.74 Å². The van der Waals surface area contributed by atoms with Crippen LogP contribution in [0.4, 0.5) is 10.1 Å². The van der Waals surface area contributed by atoms with Crippen molar-refractivity contribution in [3.05, 3.63) is 52.9 Å². The summed E-state index contributed by atoms with van der Waals surface area (Å²) in [5, 5.41) is 1.48. The van der Waals surface area contributed by atoms with E-state index in [-0.39, 0.29) is 11.2 Å². The molecule has 136 valence electrons. The molecule has 1 aromatic heterocycles. The molecule has 26 heavy (non-hydrogen) atoms. The van der Waals surface area contributed by atoms with Crippen molar-refractivity contribution in [1.29, 1.82) is 0 Å². The molecular formula is C19H19ClFN3OS. The number of hydrogen-bond donors (Lipinski definition) is 0. The fourth-order valence-electron chi connectivity index (χ4n) is 3.85. The minimum atomic E-state index is -0.291. The average Bonchev–Trinajstić information content (AvgIpc) is 3.20. The summed E-state index contributed by atoms with van der Waals surface area (Å²) in [6.07, 6.45) is 4.83. The standard InChI is InChI=1S/C19H19ClFN3OS/c1-25-17-6-4-14(9-22-17)23-18(26-2)24-10-12-8-19(12,11-24)15-5-3-13(21)7-16(15)20/h3-7,9,12H,8,10-11H2,1-2H3/b23-18+/t12-,19-/m0/s1. The molecule has 2 fully saturated rings. The highest BCUT2D eigenvalue weighted by Crippen LogP contribution is 2.60. The SMILES string of the molecule is COc1ccc(/N=C(/SC)N2C[C@@H]3C[C@]3(c3ccc(F)cc3Cl)C2)cn1. The highest BCUT2D eigenvalue weighted by atomic mass is 35.5. The zero-order valence-electron chi connectivity index (χ0n) is 14.6. The lowest BCUT2D eigenvalue weighted by Gasteiger charge is -2.24. The number of halogens is 2. The van der Waals surface area contributed by atoms with E-state index < -0.39 is 0 Å². The third-order valence-electron chi connectivity index (χ3n) is 5.22. The predicted molar refractivity (Wildman–Crippen MR) is 104 cm³/mol. The number of aliphatic imine (C=N–C) groups is 1. The van der Waals surface area contributed by atoms with Gasteiger partial charge in [0.05, 0.1) is 19.0 Å². The van der Waals surface area contributed by atoms with Crippen LogP contribution in [0.1, 0.15) is 12.0 Å². The second-order valence-corrected chi connectivity index (χ2v) is 7.90. The van der Waals surface area contributed by atoms with Crippen LogP contribution in [0.2, 0.25) is 5.02 Å². The maximum absolute atomic E-state index is 13.4. The Labute approximate surface area is 161 Å². The molecule has 1 aliphatic carbocycles. The zero-order valence-corrected chi connectivity index (χ0v) is 16.1. The topological polar surface area (TPSA) is 37.7 Å². The molecular weight excluding hydrogens is 373 g/mol. The van der Waals surface area contributed by atoms with Gasteiger partial charge in [-0.2, -0.15) is 0 Å². The molecule has 2 heterocycles. The molecule has 7 heteroatoms. The first-order valence-electron chi connectivity index (χ1n) is 8.39. The molecule has 2 aromatic rings. The summed E-state index contributed by atoms with van der Waals surface area (Å²) >= 11 is 7.95. The molecule has 1 aromatic carbocycles. The fraction of sp³-hybridized carbons (Fsp3) is 0.368. The Morgan fingerprint density at radius 3 is 2.92 bits per heavy atom. The quantitative estimate of drug-likeness (QED) is 0.570. The lowest BCUT2D eigenvalue weighted by atomic mass is 9.95. The van der Waals surface area contributed by atoms with Crippen LogP contribution in [0.25, 0.3) is 0 Å². The van der Waals surface area contributed by atoms with E-state index in [1.807, 2.05) is 18.4 Å². The molecule has 0 spiro atoms. The Morgan fingerprint density at radius 2 is 2.27 bits per heavy atom. The number of pyridine rings is 1. The maximum atomic E-state index is 13.4. The smallest absolute Gasteiger partial charge is 0.213 e. The van der Waals surface area contributed by atoms with Crippen molar-refractivity contribution in [2.75, 3.05) is 26.5 Å². The van der Waals surface area contributed by atoms with Gasteiger partial charge in [-0.05, 0) is 42.4 Å². The van der Waals surface area contributed by atoms with E-state index in [0.29, 0.717) is 16.8 Å². The van der Waals surface area contributed by atoms with Crippen molar-refractivity contribution >= 4 is 34.2 Å². The number of aromatic nitrogens is 1. The summed E-state index contributed by atoms with van der Waals surface area (Å²) in [6, 6.07) is 8.45. The van der Waals surface area contributed by atoms with Gasteiger partial charge in [-0.3, -0.25) is 0 Å². The summed E-state index contributed by atoms with van der Waals surface area (Å²) in [7, 11) is 1.59. The molecule has 0 radical (unpaired) electrons. The minimum absolute atomic E-state index is 0.0272. The number of fused-ring (bicyclic) bond motifs is 1. The minimum Gasteiger partial charge on any atom is -0.481 e. The Bertz CT molecular complexity index is 860. The number of likely N-dealkylation sites (tertiary alicyclic amines) is 1. The number of amidine groups is 1. The molecule has 2 aliphatic rings. The van der Waals surface area contributed by atoms with Crippen molar-refractivity contribution < 1.29 is 9.13 Å². The van der Waals surface area contributed by atoms with Crippen molar-refractivity contribution in [2.45, 2.75) is 11.8 Å². The van der Waals surface area contributed by atoms with Crippen LogP contribution in [0, 0.1) is 11.7 Å². The van der Waals surface area contributed by atoms with Crippen molar-refractivity contribution in [3.8, 4) is 5.88 Å². The maximum Gasteiger partial charge on any atom is 0.213 e. The number of hydrogen-bond acceptors (Lipinski definition) is 4. The molecule has 4 rings (SSSR count). The van der Waals surface area contributed by atoms with E-state index in [9.17, 15) is 4.39 Å². The Morgan fingerprint density at radius 1 is 1.42 bits per heavy atom. The van der Waals surface area contributed by atoms with E-state index in [0.717, 1.165) is 35.9 Å². The Balaban J connectivity index is 1.56. The average molecular weight is 392 g/mol. The van der Waals surface area contributed by atoms with Gasteiger partial charge in [0.25, 0.3) is 0 Å². The molecule has 1 saturated carbocycles. The third kappa shape index (κ3) is 3.05. The molecule has 1 aliphatic heterocycles. The van der Waals surface area contributed by atoms with Gasteiger partial charge in [0.2, 0.25) is 5.88 Å². The van der Waals surface area contributed by atoms with E-state index in [2.05, 4.69) is 9.88 Å². The highest BCUT2D eigenvalue weighted by molar-refractivity contribution is 8.13. The fourth-order valence-corrected chi connectivity index (χ4v) is 4.80. The van der Waals surface area contributed by atoms with Gasteiger partial charge in [-0.1, -0.05) is 29.4 Å². The normalized spacial score (nSPS) is 24.5. The predicted octanol–water partition coefficient (Wildman–Crippen LogP) is 4.51. The molecule has 0 unspecified atom stereocenters. The summed E-state index contributed by atoms with van der Waals surface area (Å²) in [5.41, 5.74) is 1.88. The largest absolute Gasteiger partial charge is 0.481 e. The molecule has 0 N–H and O–H groups in total. The van der Waals surface area contributed by atoms with Crippen LogP contribution >= 0.6 is 23.4 Å². The van der Waals surface area contributed by atoms with E-state index >= 15 is 0 Å². The van der Waals surface area contributed by atoms with Crippen LogP contribution in [0.3, 0.4) is 0 Å². The number of thioether (sulfide) groups is 1. The first kappa shape index (κ1) is 17.6. The van der Waals surface area contributed by atoms with Gasteiger partial charge >= 0.3 is 0 Å². The summed E-state index contributed by atoms with van der Waals surface area (Å²) < 4.78 is 18.5. The van der Waals surface area contributed by atoms with Crippen molar-refractivity contribution in [2.24, 2.45) is 10.9 Å². The molecule has 0 bridgehead atoms. The van der Waals surface area contributed by atoms with Gasteiger partial charge in [-0.15, -0.1) is 0 Å². The van der Waals surface area contributed by atoms with Crippen molar-refractivity contribution in [1.82, 2.24) is 9.88 Å². The Kier molecular flexibility index (Phi) is 4.57. The van der Waals surface area contributed by atoms with Crippen molar-refractivity contribution in [3.63, 3.8) is 0 Å². The van der Waals surface area contributed by atoms with Gasteiger partial charge in [-0.25, -0.2) is 14.4 Å². The molecule has 0 amide bonds. The number of piperidine rings is 1. The van der Waals surface area contributed by atoms with Gasteiger partial charge in [0.15, 0.2) is 5.17 Å². The summed E-state index contributed by atoms with van der Waals surface area (Å²) in [5.74, 6) is 0.819. The van der Waals surface area contributed by atoms with Crippen LogP contribution in [-0.4, -0.2) is 41.5 Å². The van der Waals surface area contributed by atoms with Crippen LogP contribution in [0.5, 0.6) is 5.88 Å². The second-order valence-electron chi connectivity index (χ2n) is 6.72. The Hall–Kier alpha value is -1.79. The zero-order chi connectivity index (χ0) is 18.3. The molecule has 4 nitrogen and oxygen atoms in total. The van der Waals surface area contributed by atoms with E-state index in [1.165, 1.54) is 12.1 Å². The highest BCUT2D eigenvalue weighted by Gasteiger charge is 2.61. The van der Waals surface area contributed by atoms with Gasteiger partial charge < -0.3 is 9.64 Å². The first-order chi connectivity index (χ1) is 12.6. The van der Waals surface area contributed by atoms with Gasteiger partial charge in [0, 0.05) is 29.6 Å². The number of ether oxygens (including phenoxy) is 1. The number of nitrogens with zero attached hydrogens (tertiary/aromatic N) is 3. The van der Waals surface area contributed by atoms with Gasteiger partial charge in [0.1, 0.15) is 5.82 Å². The molecule has 2 atom stereocenters. The second kappa shape index (κ2) is 6.74. The van der Waals surface area contributed by atoms with Crippen LogP contribution in [0.15, 0.2) is 41.5 Å². The molecule has 1 saturated heterocycles. The monoisotopic (exact) mass is 391 g/mol. The number of rotatable bonds is 3. The lowest BCUT2D eigenvalue weighted by molar-refractivity contribution is 0.398. The third-order valence-corrected chi connectivity index (χ3v) is 6.25. The number of methoxy groups -OCH3 is 1. The lowest BCUT2D eigenvalue weighted by Crippen LogP contribution is -2.30.